The molecule has 2 aliphatic heterocycles. The van der Waals surface area contributed by atoms with Gasteiger partial charge in [0, 0.05) is 12.8 Å². The summed E-state index contributed by atoms with van der Waals surface area (Å²) in [5, 5.41) is 0. The van der Waals surface area contributed by atoms with Crippen molar-refractivity contribution in [3.8, 4) is 22.3 Å². The molecule has 10 heteroatoms. The Morgan fingerprint density at radius 3 is 1.03 bits per heavy atom. The Hall–Kier alpha value is -6.88. The Bertz CT molecular complexity index is 2390. The minimum atomic E-state index is -0.692. The topological polar surface area (TPSA) is 112 Å². The first-order chi connectivity index (χ1) is 32.6. The molecule has 4 amide bonds. The minimum absolute atomic E-state index is 0.317. The highest BCUT2D eigenvalue weighted by molar-refractivity contribution is 5.97. The van der Waals surface area contributed by atoms with Crippen LogP contribution in [0, 0.1) is 0 Å². The smallest absolute Gasteiger partial charge is 0.417 e. The number of carbonyl (C=O) groups is 4. The van der Waals surface area contributed by atoms with Gasteiger partial charge >= 0.3 is 12.2 Å². The Balaban J connectivity index is 0.000000201. The van der Waals surface area contributed by atoms with E-state index >= 15 is 0 Å². The first-order valence-electron chi connectivity index (χ1n) is 23.3. The second-order valence-corrected chi connectivity index (χ2v) is 19.3. The van der Waals surface area contributed by atoms with Crippen LogP contribution < -0.4 is 0 Å². The van der Waals surface area contributed by atoms with E-state index in [1.807, 2.05) is 97.1 Å². The van der Waals surface area contributed by atoms with Gasteiger partial charge in [0.25, 0.3) is 11.8 Å². The van der Waals surface area contributed by atoms with Gasteiger partial charge in [0.2, 0.25) is 0 Å². The zero-order valence-corrected chi connectivity index (χ0v) is 39.9. The predicted molar refractivity (Wildman–Crippen MR) is 264 cm³/mol. The molecule has 0 aromatic heterocycles. The van der Waals surface area contributed by atoms with Gasteiger partial charge in [0.1, 0.15) is 23.4 Å². The highest BCUT2D eigenvalue weighted by Crippen LogP contribution is 2.31. The lowest BCUT2D eigenvalue weighted by Crippen LogP contribution is -2.44. The first kappa shape index (κ1) is 49.0. The van der Waals surface area contributed by atoms with Crippen LogP contribution in [0.3, 0.4) is 0 Å². The van der Waals surface area contributed by atoms with Crippen LogP contribution in [-0.4, -0.2) is 69.3 Å². The van der Waals surface area contributed by atoms with Gasteiger partial charge in [0.05, 0.1) is 25.3 Å². The number of imide groups is 2. The van der Waals surface area contributed by atoms with E-state index in [9.17, 15) is 19.2 Å². The van der Waals surface area contributed by atoms with Crippen LogP contribution in [0.1, 0.15) is 76.6 Å². The monoisotopic (exact) mass is 914 g/mol. The quantitative estimate of drug-likeness (QED) is 0.119. The minimum Gasteiger partial charge on any atom is -0.443 e. The molecule has 6 aromatic carbocycles. The third kappa shape index (κ3) is 13.6. The average Bonchev–Trinajstić information content (AvgIpc) is 3.81. The summed E-state index contributed by atoms with van der Waals surface area (Å²) in [7, 11) is 0. The van der Waals surface area contributed by atoms with Crippen molar-refractivity contribution in [3.63, 3.8) is 0 Å². The van der Waals surface area contributed by atoms with E-state index in [0.29, 0.717) is 38.9 Å². The highest BCUT2D eigenvalue weighted by atomic mass is 16.6. The number of benzene rings is 6. The summed E-state index contributed by atoms with van der Waals surface area (Å²) in [5.41, 5.74) is 7.23. The number of carbonyl (C=O) groups excluding carboxylic acids is 4. The lowest BCUT2D eigenvalue weighted by molar-refractivity contribution is -0.138. The zero-order valence-electron chi connectivity index (χ0n) is 39.9. The number of nitrogens with zero attached hydrogens (tertiary/aromatic N) is 2. The van der Waals surface area contributed by atoms with Gasteiger partial charge in [-0.05, 0) is 98.9 Å². The van der Waals surface area contributed by atoms with Crippen LogP contribution in [0.4, 0.5) is 9.59 Å². The maximum absolute atomic E-state index is 13.2. The van der Waals surface area contributed by atoms with Crippen molar-refractivity contribution in [2.45, 2.75) is 116 Å². The van der Waals surface area contributed by atoms with E-state index in [-0.39, 0.29) is 23.9 Å². The Labute approximate surface area is 400 Å². The van der Waals surface area contributed by atoms with Crippen LogP contribution in [0.5, 0.6) is 0 Å². The van der Waals surface area contributed by atoms with Crippen LogP contribution in [0.2, 0.25) is 0 Å². The molecule has 2 aliphatic rings. The van der Waals surface area contributed by atoms with Crippen molar-refractivity contribution in [1.29, 1.82) is 0 Å². The number of hydrogen-bond donors (Lipinski definition) is 0. The summed E-state index contributed by atoms with van der Waals surface area (Å²) in [6.07, 6.45) is -0.626. The second-order valence-electron chi connectivity index (χ2n) is 19.3. The van der Waals surface area contributed by atoms with E-state index in [0.717, 1.165) is 44.5 Å². The molecule has 68 heavy (non-hydrogen) atoms. The summed E-state index contributed by atoms with van der Waals surface area (Å²) < 4.78 is 23.0. The second kappa shape index (κ2) is 22.3. The molecular weight excluding hydrogens is 853 g/mol. The zero-order chi connectivity index (χ0) is 48.3. The molecule has 0 aliphatic carbocycles. The largest absolute Gasteiger partial charge is 0.443 e. The van der Waals surface area contributed by atoms with Gasteiger partial charge in [-0.25, -0.2) is 19.4 Å². The highest BCUT2D eigenvalue weighted by Gasteiger charge is 2.47. The summed E-state index contributed by atoms with van der Waals surface area (Å²) >= 11 is 0. The molecule has 10 nitrogen and oxygen atoms in total. The molecule has 2 saturated heterocycles. The van der Waals surface area contributed by atoms with E-state index in [1.165, 1.54) is 9.80 Å². The number of rotatable bonds is 12. The van der Waals surface area contributed by atoms with E-state index < -0.39 is 35.6 Å². The first-order valence-corrected chi connectivity index (χ1v) is 23.3. The SMILES string of the molecule is CC(C)(C)OC(=O)N1C(=O)[C@@H](OCc2ccccc2)C[C@H]1Cc1ccc(-c2ccccc2)cc1.CC(C)(C)OC(=O)N1C(=O)[C@H](OCc2ccccc2)C[C@H]1Cc1ccc(-c2ccccc2)cc1. The van der Waals surface area contributed by atoms with Gasteiger partial charge in [-0.15, -0.1) is 0 Å². The molecule has 6 aromatic rings. The molecule has 4 atom stereocenters. The van der Waals surface area contributed by atoms with Crippen LogP contribution in [0.25, 0.3) is 22.3 Å². The number of amides is 4. The van der Waals surface area contributed by atoms with Crippen molar-refractivity contribution >= 4 is 24.0 Å². The Morgan fingerprint density at radius 2 is 0.721 bits per heavy atom. The fourth-order valence-corrected chi connectivity index (χ4v) is 8.32. The normalized spacial score (nSPS) is 18.2. The predicted octanol–water partition coefficient (Wildman–Crippen LogP) is 12.0. The van der Waals surface area contributed by atoms with Crippen molar-refractivity contribution in [2.75, 3.05) is 0 Å². The molecule has 2 fully saturated rings. The van der Waals surface area contributed by atoms with Gasteiger partial charge < -0.3 is 18.9 Å². The Kier molecular flexibility index (Phi) is 16.1. The molecular formula is C58H62N2O8. The van der Waals surface area contributed by atoms with E-state index in [1.54, 1.807) is 41.5 Å². The van der Waals surface area contributed by atoms with Crippen LogP contribution >= 0.6 is 0 Å². The maximum Gasteiger partial charge on any atom is 0.417 e. The lowest BCUT2D eigenvalue weighted by Gasteiger charge is -2.27. The summed E-state index contributed by atoms with van der Waals surface area (Å²) in [4.78, 5) is 54.8. The third-order valence-electron chi connectivity index (χ3n) is 11.6. The van der Waals surface area contributed by atoms with Crippen molar-refractivity contribution in [1.82, 2.24) is 9.80 Å². The average molecular weight is 915 g/mol. The van der Waals surface area contributed by atoms with Crippen molar-refractivity contribution < 1.29 is 38.1 Å². The summed E-state index contributed by atoms with van der Waals surface area (Å²) in [5.74, 6) is -0.674. The summed E-state index contributed by atoms with van der Waals surface area (Å²) in [6.45, 7) is 11.4. The summed E-state index contributed by atoms with van der Waals surface area (Å²) in [6, 6.07) is 55.6. The molecule has 8 rings (SSSR count). The number of ether oxygens (including phenoxy) is 4. The molecule has 0 saturated carbocycles. The van der Waals surface area contributed by atoms with Gasteiger partial charge in [0.15, 0.2) is 0 Å². The molecule has 352 valence electrons. The van der Waals surface area contributed by atoms with Crippen LogP contribution in [-0.2, 0) is 54.6 Å². The van der Waals surface area contributed by atoms with E-state index in [4.69, 9.17) is 18.9 Å². The maximum atomic E-state index is 13.2. The molecule has 0 N–H and O–H groups in total. The molecule has 2 heterocycles. The fourth-order valence-electron chi connectivity index (χ4n) is 8.32. The fraction of sp³-hybridized carbons (Fsp3) is 0.310. The molecule has 0 radical (unpaired) electrons. The Morgan fingerprint density at radius 1 is 0.426 bits per heavy atom. The lowest BCUT2D eigenvalue weighted by atomic mass is 9.99. The number of hydrogen-bond acceptors (Lipinski definition) is 8. The van der Waals surface area contributed by atoms with Gasteiger partial charge in [-0.2, -0.15) is 0 Å². The number of likely N-dealkylation sites (tertiary alicyclic amines) is 2. The van der Waals surface area contributed by atoms with Crippen molar-refractivity contribution in [2.24, 2.45) is 0 Å². The van der Waals surface area contributed by atoms with Gasteiger partial charge in [-0.1, -0.05) is 170 Å². The molecule has 0 bridgehead atoms. The molecule has 0 unspecified atom stereocenters. The van der Waals surface area contributed by atoms with Gasteiger partial charge in [-0.3, -0.25) is 9.59 Å². The van der Waals surface area contributed by atoms with E-state index in [2.05, 4.69) is 72.8 Å². The molecule has 0 spiro atoms. The van der Waals surface area contributed by atoms with Crippen molar-refractivity contribution in [3.05, 3.63) is 192 Å². The van der Waals surface area contributed by atoms with Crippen LogP contribution in [0.15, 0.2) is 170 Å². The third-order valence-corrected chi connectivity index (χ3v) is 11.6. The standard InChI is InChI=1S/2C29H31NO4/c2*1-29(2,3)34-28(32)30-25(19-26(27(30)31)33-20-22-10-6-4-7-11-22)18-21-14-16-24(17-15-21)23-12-8-5-9-13-23/h2*4-17,25-26H,18-20H2,1-3H3/t25-,26+;25-,26-/m11/s1.